The Bertz CT molecular complexity index is 1160. The van der Waals surface area contributed by atoms with Crippen molar-refractivity contribution in [3.63, 3.8) is 0 Å². The number of hydrogen-bond donors (Lipinski definition) is 2. The molecule has 1 aromatic carbocycles. The van der Waals surface area contributed by atoms with E-state index in [0.717, 1.165) is 22.9 Å². The summed E-state index contributed by atoms with van der Waals surface area (Å²) >= 11 is 0. The Morgan fingerprint density at radius 1 is 1.22 bits per heavy atom. The zero-order valence-corrected chi connectivity index (χ0v) is 17.5. The van der Waals surface area contributed by atoms with E-state index in [1.807, 2.05) is 0 Å². The second-order valence-electron chi connectivity index (χ2n) is 8.33. The Hall–Kier alpha value is -3.30. The maximum Gasteiger partial charge on any atom is 0.274 e. The van der Waals surface area contributed by atoms with Crippen LogP contribution in [0.15, 0.2) is 23.1 Å². The molecule has 2 N–H and O–H groups in total. The monoisotopic (exact) mass is 449 g/mol. The summed E-state index contributed by atoms with van der Waals surface area (Å²) in [5, 5.41) is 12.7. The molecule has 2 aliphatic rings. The second-order valence-corrected chi connectivity index (χ2v) is 8.33. The molecule has 2 aromatic rings. The Kier molecular flexibility index (Phi) is 5.47. The molecule has 1 saturated heterocycles. The molecule has 0 unspecified atom stereocenters. The van der Waals surface area contributed by atoms with E-state index in [-0.39, 0.29) is 24.7 Å². The van der Waals surface area contributed by atoms with Crippen LogP contribution in [0.3, 0.4) is 0 Å². The third-order valence-electron chi connectivity index (χ3n) is 6.18. The van der Waals surface area contributed by atoms with Gasteiger partial charge in [0.15, 0.2) is 11.4 Å². The lowest BCUT2D eigenvalue weighted by molar-refractivity contribution is 0.0576. The van der Waals surface area contributed by atoms with Crippen LogP contribution in [0.25, 0.3) is 0 Å². The fourth-order valence-electron chi connectivity index (χ4n) is 4.34. The number of rotatable bonds is 3. The van der Waals surface area contributed by atoms with Gasteiger partial charge in [-0.25, -0.2) is 13.2 Å². The standard InChI is InChI=1S/C22H22F3N3O4/c1-10-5-15(24)12(16(25)6-10)7-26-21(31)13-8-28-17-9-27(11(2)3-4-14(17)23)22(32)18(28)20(30)19(13)29/h5-6,8,11,14,17,30H,3-4,7,9H2,1-2H3,(H,26,31)/t11-,14-,17+/m0/s1. The van der Waals surface area contributed by atoms with E-state index < -0.39 is 64.5 Å². The molecule has 32 heavy (non-hydrogen) atoms. The maximum absolute atomic E-state index is 14.8. The van der Waals surface area contributed by atoms with E-state index in [1.165, 1.54) is 11.8 Å². The first-order valence-electron chi connectivity index (χ1n) is 10.3. The van der Waals surface area contributed by atoms with Crippen LogP contribution in [0.4, 0.5) is 13.2 Å². The Balaban J connectivity index is 1.70. The highest BCUT2D eigenvalue weighted by Gasteiger charge is 2.42. The fourth-order valence-corrected chi connectivity index (χ4v) is 4.34. The van der Waals surface area contributed by atoms with E-state index in [1.54, 1.807) is 6.92 Å². The third kappa shape index (κ3) is 3.53. The van der Waals surface area contributed by atoms with Gasteiger partial charge in [-0.2, -0.15) is 0 Å². The third-order valence-corrected chi connectivity index (χ3v) is 6.18. The highest BCUT2D eigenvalue weighted by molar-refractivity contribution is 5.99. The Labute approximate surface area is 181 Å². The summed E-state index contributed by atoms with van der Waals surface area (Å²) in [6.07, 6.45) is 0.277. The molecular weight excluding hydrogens is 427 g/mol. The predicted molar refractivity (Wildman–Crippen MR) is 108 cm³/mol. The van der Waals surface area contributed by atoms with Crippen LogP contribution in [0.2, 0.25) is 0 Å². The summed E-state index contributed by atoms with van der Waals surface area (Å²) in [6.45, 7) is 2.78. The number of halogens is 3. The number of hydrogen-bond acceptors (Lipinski definition) is 4. The maximum atomic E-state index is 14.8. The highest BCUT2D eigenvalue weighted by Crippen LogP contribution is 2.35. The van der Waals surface area contributed by atoms with Crippen molar-refractivity contribution in [3.8, 4) is 5.75 Å². The quantitative estimate of drug-likeness (QED) is 0.754. The minimum absolute atomic E-state index is 0.0390. The lowest BCUT2D eigenvalue weighted by Gasteiger charge is -2.37. The van der Waals surface area contributed by atoms with E-state index in [2.05, 4.69) is 5.32 Å². The average molecular weight is 449 g/mol. The molecule has 1 aromatic heterocycles. The minimum atomic E-state index is -1.36. The lowest BCUT2D eigenvalue weighted by Crippen LogP contribution is -2.48. The number of benzene rings is 1. The summed E-state index contributed by atoms with van der Waals surface area (Å²) in [5.74, 6) is -4.29. The van der Waals surface area contributed by atoms with Gasteiger partial charge in [-0.3, -0.25) is 14.4 Å². The van der Waals surface area contributed by atoms with Crippen molar-refractivity contribution in [2.75, 3.05) is 6.54 Å². The Morgan fingerprint density at radius 2 is 1.88 bits per heavy atom. The molecule has 2 amide bonds. The zero-order chi connectivity index (χ0) is 23.3. The number of carbonyl (C=O) groups excluding carboxylic acids is 2. The van der Waals surface area contributed by atoms with Gasteiger partial charge in [-0.05, 0) is 44.4 Å². The van der Waals surface area contributed by atoms with Crippen LogP contribution >= 0.6 is 0 Å². The number of nitrogens with zero attached hydrogens (tertiary/aromatic N) is 2. The number of aryl methyl sites for hydroxylation is 1. The van der Waals surface area contributed by atoms with Gasteiger partial charge in [0, 0.05) is 30.9 Å². The van der Waals surface area contributed by atoms with Crippen LogP contribution < -0.4 is 10.7 Å². The van der Waals surface area contributed by atoms with E-state index in [9.17, 15) is 32.7 Å². The number of amides is 2. The number of aromatic hydroxyl groups is 1. The molecular formula is C22H22F3N3O4. The topological polar surface area (TPSA) is 91.6 Å². The summed E-state index contributed by atoms with van der Waals surface area (Å²) in [4.78, 5) is 39.6. The molecule has 2 aliphatic heterocycles. The van der Waals surface area contributed by atoms with E-state index >= 15 is 0 Å². The van der Waals surface area contributed by atoms with Gasteiger partial charge in [0.05, 0.1) is 6.04 Å². The number of carbonyl (C=O) groups is 2. The molecule has 0 radical (unpaired) electrons. The van der Waals surface area contributed by atoms with Crippen molar-refractivity contribution >= 4 is 11.8 Å². The van der Waals surface area contributed by atoms with Gasteiger partial charge in [-0.1, -0.05) is 0 Å². The first-order valence-corrected chi connectivity index (χ1v) is 10.3. The SMILES string of the molecule is Cc1cc(F)c(CNC(=O)c2cn3c(c(O)c2=O)C(=O)N2C[C@@H]3[C@@H](F)CC[C@@H]2C)c(F)c1. The van der Waals surface area contributed by atoms with E-state index in [0.29, 0.717) is 12.0 Å². The van der Waals surface area contributed by atoms with Crippen LogP contribution in [-0.4, -0.2) is 45.1 Å². The largest absolute Gasteiger partial charge is 0.503 e. The van der Waals surface area contributed by atoms with Crippen molar-refractivity contribution in [1.82, 2.24) is 14.8 Å². The van der Waals surface area contributed by atoms with Crippen molar-refractivity contribution in [2.45, 2.75) is 51.5 Å². The summed E-state index contributed by atoms with van der Waals surface area (Å²) in [5.41, 5.74) is -2.06. The number of pyridine rings is 1. The molecule has 3 atom stereocenters. The smallest absolute Gasteiger partial charge is 0.274 e. The van der Waals surface area contributed by atoms with Gasteiger partial charge < -0.3 is 19.9 Å². The van der Waals surface area contributed by atoms with Crippen LogP contribution in [0.1, 0.15) is 57.8 Å². The molecule has 7 nitrogen and oxygen atoms in total. The van der Waals surface area contributed by atoms with Crippen LogP contribution in [-0.2, 0) is 6.54 Å². The average Bonchev–Trinajstić information content (AvgIpc) is 2.85. The van der Waals surface area contributed by atoms with Crippen molar-refractivity contribution in [2.24, 2.45) is 0 Å². The zero-order valence-electron chi connectivity index (χ0n) is 17.5. The van der Waals surface area contributed by atoms with E-state index in [4.69, 9.17) is 0 Å². The van der Waals surface area contributed by atoms with Crippen LogP contribution in [0.5, 0.6) is 5.75 Å². The summed E-state index contributed by atoms with van der Waals surface area (Å²) < 4.78 is 44.1. The molecule has 2 bridgehead atoms. The van der Waals surface area contributed by atoms with Gasteiger partial charge in [0.25, 0.3) is 11.8 Å². The molecule has 4 rings (SSSR count). The predicted octanol–water partition coefficient (Wildman–Crippen LogP) is 2.59. The molecule has 1 fully saturated rings. The van der Waals surface area contributed by atoms with Gasteiger partial charge >= 0.3 is 0 Å². The van der Waals surface area contributed by atoms with Gasteiger partial charge in [0.1, 0.15) is 23.4 Å². The van der Waals surface area contributed by atoms with Crippen molar-refractivity contribution in [3.05, 3.63) is 62.6 Å². The fraction of sp³-hybridized carbons (Fsp3) is 0.409. The molecule has 0 spiro atoms. The number of alkyl halides is 1. The van der Waals surface area contributed by atoms with Gasteiger partial charge in [-0.15, -0.1) is 0 Å². The first kappa shape index (κ1) is 21.9. The van der Waals surface area contributed by atoms with Crippen molar-refractivity contribution < 1.29 is 27.9 Å². The summed E-state index contributed by atoms with van der Waals surface area (Å²) in [6, 6.07) is 1.07. The number of aromatic nitrogens is 1. The van der Waals surface area contributed by atoms with Crippen LogP contribution in [0, 0.1) is 18.6 Å². The van der Waals surface area contributed by atoms with Crippen molar-refractivity contribution in [1.29, 1.82) is 0 Å². The second kappa shape index (κ2) is 7.99. The molecule has 10 heteroatoms. The first-order chi connectivity index (χ1) is 15.1. The molecule has 0 aliphatic carbocycles. The summed E-state index contributed by atoms with van der Waals surface area (Å²) in [7, 11) is 0. The molecule has 0 saturated carbocycles. The number of nitrogens with one attached hydrogen (secondary N) is 1. The Morgan fingerprint density at radius 3 is 2.53 bits per heavy atom. The normalized spacial score (nSPS) is 22.3. The molecule has 170 valence electrons. The molecule has 3 heterocycles. The lowest BCUT2D eigenvalue weighted by atomic mass is 10.0. The number of fused-ring (bicyclic) bond motifs is 4. The minimum Gasteiger partial charge on any atom is -0.503 e. The highest BCUT2D eigenvalue weighted by atomic mass is 19.1. The van der Waals surface area contributed by atoms with Gasteiger partial charge in [0.2, 0.25) is 5.43 Å².